The summed E-state index contributed by atoms with van der Waals surface area (Å²) in [6.07, 6.45) is 3.50. The zero-order valence-electron chi connectivity index (χ0n) is 23.9. The van der Waals surface area contributed by atoms with Crippen LogP contribution in [0, 0.1) is 5.82 Å². The largest absolute Gasteiger partial charge is 0.497 e. The second-order valence-electron chi connectivity index (χ2n) is 10.8. The highest BCUT2D eigenvalue weighted by Gasteiger charge is 2.39. The molecule has 0 spiro atoms. The molecule has 0 saturated carbocycles. The molecule has 6 rings (SSSR count). The zero-order chi connectivity index (χ0) is 29.6. The van der Waals surface area contributed by atoms with Gasteiger partial charge in [0.05, 0.1) is 63.7 Å². The van der Waals surface area contributed by atoms with Crippen molar-refractivity contribution in [3.8, 4) is 45.3 Å². The van der Waals surface area contributed by atoms with Crippen LogP contribution in [0.15, 0.2) is 42.7 Å². The standard InChI is InChI=1S/C30H32FN5O6/c1-30(2)17-41-8-6-35(30)29(38)27-24-16-42-26-13-25(40-4)22(18-14-32-34(15-18)5-7-37)12-23(26)28(24)36(33-27)20-9-19(31)10-21(11-20)39-3/h9-15,37H,5-8,16-17H2,1-4H3. The molecule has 0 radical (unpaired) electrons. The number of morpholine rings is 1. The number of carbonyl (C=O) groups is 1. The number of nitrogens with zero attached hydrogens (tertiary/aromatic N) is 5. The van der Waals surface area contributed by atoms with E-state index in [1.165, 1.54) is 19.2 Å². The number of ether oxygens (including phenoxy) is 4. The number of carbonyl (C=O) groups excluding carboxylic acids is 1. The van der Waals surface area contributed by atoms with E-state index in [9.17, 15) is 14.3 Å². The molecule has 0 bridgehead atoms. The highest BCUT2D eigenvalue weighted by atomic mass is 19.1. The van der Waals surface area contributed by atoms with E-state index in [0.29, 0.717) is 66.1 Å². The maximum atomic E-state index is 14.8. The van der Waals surface area contributed by atoms with Gasteiger partial charge in [-0.3, -0.25) is 9.48 Å². The summed E-state index contributed by atoms with van der Waals surface area (Å²) in [5, 5.41) is 18.5. The van der Waals surface area contributed by atoms with Gasteiger partial charge in [0.2, 0.25) is 0 Å². The van der Waals surface area contributed by atoms with E-state index in [-0.39, 0.29) is 24.8 Å². The van der Waals surface area contributed by atoms with Crippen molar-refractivity contribution >= 4 is 5.91 Å². The Kier molecular flexibility index (Phi) is 7.11. The van der Waals surface area contributed by atoms with Gasteiger partial charge in [0, 0.05) is 53.2 Å². The van der Waals surface area contributed by atoms with E-state index in [1.807, 2.05) is 26.1 Å². The van der Waals surface area contributed by atoms with Gasteiger partial charge in [-0.1, -0.05) is 0 Å². The molecule has 1 N–H and O–H groups in total. The molecule has 42 heavy (non-hydrogen) atoms. The molecule has 2 aromatic carbocycles. The van der Waals surface area contributed by atoms with E-state index in [2.05, 4.69) is 5.10 Å². The monoisotopic (exact) mass is 577 g/mol. The predicted molar refractivity (Wildman–Crippen MR) is 151 cm³/mol. The van der Waals surface area contributed by atoms with E-state index in [1.54, 1.807) is 39.7 Å². The number of hydrogen-bond donors (Lipinski definition) is 1. The van der Waals surface area contributed by atoms with Crippen LogP contribution < -0.4 is 14.2 Å². The lowest BCUT2D eigenvalue weighted by molar-refractivity contribution is -0.0374. The average molecular weight is 578 g/mol. The summed E-state index contributed by atoms with van der Waals surface area (Å²) in [5.41, 5.74) is 3.40. The van der Waals surface area contributed by atoms with Crippen molar-refractivity contribution in [2.75, 3.05) is 40.6 Å². The second kappa shape index (κ2) is 10.8. The molecule has 4 heterocycles. The van der Waals surface area contributed by atoms with E-state index in [0.717, 1.165) is 11.1 Å². The maximum absolute atomic E-state index is 14.8. The normalized spacial score (nSPS) is 15.5. The number of hydrogen-bond acceptors (Lipinski definition) is 8. The number of aliphatic hydroxyl groups excluding tert-OH is 1. The molecule has 11 nitrogen and oxygen atoms in total. The summed E-state index contributed by atoms with van der Waals surface area (Å²) < 4.78 is 40.8. The highest BCUT2D eigenvalue weighted by molar-refractivity contribution is 5.97. The van der Waals surface area contributed by atoms with Crippen LogP contribution in [0.1, 0.15) is 29.9 Å². The van der Waals surface area contributed by atoms with Gasteiger partial charge >= 0.3 is 0 Å². The van der Waals surface area contributed by atoms with Gasteiger partial charge in [0.25, 0.3) is 5.91 Å². The van der Waals surface area contributed by atoms with Crippen molar-refractivity contribution in [1.82, 2.24) is 24.5 Å². The summed E-state index contributed by atoms with van der Waals surface area (Å²) in [7, 11) is 3.03. The Morgan fingerprint density at radius 2 is 1.98 bits per heavy atom. The summed E-state index contributed by atoms with van der Waals surface area (Å²) in [6.45, 7) is 5.51. The third-order valence-electron chi connectivity index (χ3n) is 7.61. The minimum absolute atomic E-state index is 0.0489. The van der Waals surface area contributed by atoms with Crippen molar-refractivity contribution in [1.29, 1.82) is 0 Å². The number of methoxy groups -OCH3 is 2. The van der Waals surface area contributed by atoms with Gasteiger partial charge in [-0.15, -0.1) is 0 Å². The van der Waals surface area contributed by atoms with Gasteiger partial charge in [-0.25, -0.2) is 9.07 Å². The Bertz CT molecular complexity index is 1660. The third kappa shape index (κ3) is 4.76. The van der Waals surface area contributed by atoms with E-state index >= 15 is 0 Å². The van der Waals surface area contributed by atoms with E-state index < -0.39 is 11.4 Å². The van der Waals surface area contributed by atoms with Crippen LogP contribution >= 0.6 is 0 Å². The van der Waals surface area contributed by atoms with Crippen LogP contribution in [-0.2, 0) is 17.9 Å². The first-order valence-electron chi connectivity index (χ1n) is 13.6. The topological polar surface area (TPSA) is 113 Å². The fourth-order valence-electron chi connectivity index (χ4n) is 5.51. The lowest BCUT2D eigenvalue weighted by Gasteiger charge is -2.41. The lowest BCUT2D eigenvalue weighted by atomic mass is 9.96. The average Bonchev–Trinajstić information content (AvgIpc) is 3.61. The van der Waals surface area contributed by atoms with Gasteiger partial charge < -0.3 is 29.0 Å². The van der Waals surface area contributed by atoms with Crippen molar-refractivity contribution in [2.24, 2.45) is 0 Å². The molecule has 2 aliphatic rings. The smallest absolute Gasteiger partial charge is 0.275 e. The van der Waals surface area contributed by atoms with Gasteiger partial charge in [-0.05, 0) is 26.0 Å². The molecule has 12 heteroatoms. The lowest BCUT2D eigenvalue weighted by Crippen LogP contribution is -2.55. The van der Waals surface area contributed by atoms with Crippen molar-refractivity contribution in [3.63, 3.8) is 0 Å². The molecule has 4 aromatic rings. The minimum Gasteiger partial charge on any atom is -0.497 e. The van der Waals surface area contributed by atoms with Gasteiger partial charge in [0.1, 0.15) is 29.7 Å². The molecule has 1 fully saturated rings. The zero-order valence-corrected chi connectivity index (χ0v) is 23.9. The number of aromatic nitrogens is 4. The Morgan fingerprint density at radius 1 is 1.14 bits per heavy atom. The number of amides is 1. The van der Waals surface area contributed by atoms with Crippen molar-refractivity contribution in [3.05, 3.63) is 59.8 Å². The Labute approximate surface area is 242 Å². The summed E-state index contributed by atoms with van der Waals surface area (Å²) in [6, 6.07) is 7.98. The Morgan fingerprint density at radius 3 is 2.71 bits per heavy atom. The molecular weight excluding hydrogens is 545 g/mol. The number of halogens is 1. The molecule has 220 valence electrons. The minimum atomic E-state index is -0.545. The third-order valence-corrected chi connectivity index (χ3v) is 7.61. The quantitative estimate of drug-likeness (QED) is 0.354. The van der Waals surface area contributed by atoms with Crippen LogP contribution in [0.5, 0.6) is 17.2 Å². The Balaban J connectivity index is 1.57. The van der Waals surface area contributed by atoms with Crippen LogP contribution in [0.4, 0.5) is 4.39 Å². The van der Waals surface area contributed by atoms with Crippen LogP contribution in [0.3, 0.4) is 0 Å². The molecule has 2 aromatic heterocycles. The molecule has 1 saturated heterocycles. The van der Waals surface area contributed by atoms with Crippen LogP contribution in [0.25, 0.3) is 28.1 Å². The highest BCUT2D eigenvalue weighted by Crippen LogP contribution is 2.46. The summed E-state index contributed by atoms with van der Waals surface area (Å²) in [5.74, 6) is 0.643. The van der Waals surface area contributed by atoms with Gasteiger partial charge in [0.15, 0.2) is 5.69 Å². The summed E-state index contributed by atoms with van der Waals surface area (Å²) >= 11 is 0. The fourth-order valence-corrected chi connectivity index (χ4v) is 5.51. The predicted octanol–water partition coefficient (Wildman–Crippen LogP) is 3.69. The first-order chi connectivity index (χ1) is 20.2. The molecule has 0 atom stereocenters. The number of fused-ring (bicyclic) bond motifs is 3. The van der Waals surface area contributed by atoms with E-state index in [4.69, 9.17) is 24.0 Å². The van der Waals surface area contributed by atoms with Crippen molar-refractivity contribution in [2.45, 2.75) is 32.5 Å². The first-order valence-corrected chi connectivity index (χ1v) is 13.6. The number of rotatable bonds is 7. The fraction of sp³-hybridized carbons (Fsp3) is 0.367. The summed E-state index contributed by atoms with van der Waals surface area (Å²) in [4.78, 5) is 15.8. The molecular formula is C30H32FN5O6. The molecule has 0 aliphatic carbocycles. The molecule has 0 unspecified atom stereocenters. The van der Waals surface area contributed by atoms with Gasteiger partial charge in [-0.2, -0.15) is 10.2 Å². The first kappa shape index (κ1) is 27.7. The molecule has 1 amide bonds. The van der Waals surface area contributed by atoms with Crippen molar-refractivity contribution < 1.29 is 33.2 Å². The molecule has 2 aliphatic heterocycles. The van der Waals surface area contributed by atoms with Crippen LogP contribution in [-0.4, -0.2) is 81.6 Å². The number of benzene rings is 2. The second-order valence-corrected chi connectivity index (χ2v) is 10.8. The Hall–Kier alpha value is -4.42. The maximum Gasteiger partial charge on any atom is 0.275 e. The SMILES string of the molecule is COc1cc(F)cc(-n2nc(C(=O)N3CCOCC3(C)C)c3c2-c2cc(-c4cnn(CCO)c4)c(OC)cc2OC3)c1. The number of aliphatic hydroxyl groups is 1. The van der Waals surface area contributed by atoms with Crippen LogP contribution in [0.2, 0.25) is 0 Å².